The molecule has 2 rings (SSSR count). The molecular formula is C15H19NO4. The lowest BCUT2D eigenvalue weighted by Gasteiger charge is -2.24. The van der Waals surface area contributed by atoms with Crippen molar-refractivity contribution in [3.05, 3.63) is 23.8 Å². The number of benzene rings is 1. The summed E-state index contributed by atoms with van der Waals surface area (Å²) >= 11 is 0. The molecule has 1 saturated carbocycles. The van der Waals surface area contributed by atoms with Gasteiger partial charge in [-0.05, 0) is 37.5 Å². The van der Waals surface area contributed by atoms with Gasteiger partial charge in [0.2, 0.25) is 5.91 Å². The number of anilines is 1. The van der Waals surface area contributed by atoms with Crippen LogP contribution in [-0.4, -0.2) is 23.6 Å². The molecule has 20 heavy (non-hydrogen) atoms. The Morgan fingerprint density at radius 3 is 2.70 bits per heavy atom. The fourth-order valence-corrected chi connectivity index (χ4v) is 2.00. The second kappa shape index (κ2) is 6.41. The standard InChI is InChI=1S/C15H19NO4/c1-2-8-20-13-7-6-11(15(18)19)9-12(13)16-14(17)10-4-3-5-10/h6-7,9-10H,2-5,8H2,1H3,(H,16,17)(H,18,19). The third kappa shape index (κ3) is 3.29. The molecule has 0 spiro atoms. The molecule has 108 valence electrons. The second-order valence-electron chi connectivity index (χ2n) is 4.98. The van der Waals surface area contributed by atoms with Crippen molar-refractivity contribution in [2.75, 3.05) is 11.9 Å². The van der Waals surface area contributed by atoms with Crippen LogP contribution in [0.15, 0.2) is 18.2 Å². The number of carboxylic acid groups (broad SMARTS) is 1. The zero-order valence-corrected chi connectivity index (χ0v) is 11.5. The Balaban J connectivity index is 2.18. The summed E-state index contributed by atoms with van der Waals surface area (Å²) in [5, 5.41) is 11.8. The summed E-state index contributed by atoms with van der Waals surface area (Å²) < 4.78 is 5.55. The second-order valence-corrected chi connectivity index (χ2v) is 4.98. The molecule has 1 amide bonds. The average Bonchev–Trinajstić information content (AvgIpc) is 2.34. The van der Waals surface area contributed by atoms with E-state index in [9.17, 15) is 9.59 Å². The molecule has 0 aliphatic heterocycles. The predicted octanol–water partition coefficient (Wildman–Crippen LogP) is 2.91. The molecule has 0 saturated heterocycles. The fraction of sp³-hybridized carbons (Fsp3) is 0.467. The van der Waals surface area contributed by atoms with Gasteiger partial charge in [0.05, 0.1) is 17.9 Å². The molecule has 1 aliphatic rings. The summed E-state index contributed by atoms with van der Waals surface area (Å²) in [5.74, 6) is -0.515. The van der Waals surface area contributed by atoms with Crippen LogP contribution in [0.4, 0.5) is 5.69 Å². The highest BCUT2D eigenvalue weighted by Crippen LogP contribution is 2.31. The van der Waals surface area contributed by atoms with Crippen LogP contribution in [0.2, 0.25) is 0 Å². The van der Waals surface area contributed by atoms with E-state index in [1.165, 1.54) is 12.1 Å². The Hall–Kier alpha value is -2.04. The van der Waals surface area contributed by atoms with Crippen LogP contribution in [0.25, 0.3) is 0 Å². The van der Waals surface area contributed by atoms with Crippen molar-refractivity contribution in [3.8, 4) is 5.75 Å². The molecule has 0 atom stereocenters. The van der Waals surface area contributed by atoms with E-state index in [4.69, 9.17) is 9.84 Å². The molecule has 0 bridgehead atoms. The largest absolute Gasteiger partial charge is 0.491 e. The van der Waals surface area contributed by atoms with E-state index in [0.717, 1.165) is 25.7 Å². The van der Waals surface area contributed by atoms with Crippen LogP contribution in [0.1, 0.15) is 43.0 Å². The molecule has 0 radical (unpaired) electrons. The highest BCUT2D eigenvalue weighted by molar-refractivity contribution is 5.96. The molecule has 5 nitrogen and oxygen atoms in total. The van der Waals surface area contributed by atoms with Gasteiger partial charge in [-0.2, -0.15) is 0 Å². The van der Waals surface area contributed by atoms with Crippen LogP contribution in [0.3, 0.4) is 0 Å². The highest BCUT2D eigenvalue weighted by Gasteiger charge is 2.26. The maximum absolute atomic E-state index is 12.0. The van der Waals surface area contributed by atoms with Crippen molar-refractivity contribution in [2.24, 2.45) is 5.92 Å². The van der Waals surface area contributed by atoms with E-state index in [1.807, 2.05) is 6.92 Å². The number of hydrogen-bond donors (Lipinski definition) is 2. The maximum atomic E-state index is 12.0. The highest BCUT2D eigenvalue weighted by atomic mass is 16.5. The summed E-state index contributed by atoms with van der Waals surface area (Å²) in [4.78, 5) is 23.0. The minimum atomic E-state index is -1.02. The van der Waals surface area contributed by atoms with Crippen molar-refractivity contribution in [1.29, 1.82) is 0 Å². The summed E-state index contributed by atoms with van der Waals surface area (Å²) in [5.41, 5.74) is 0.577. The zero-order valence-electron chi connectivity index (χ0n) is 11.5. The number of carbonyl (C=O) groups is 2. The van der Waals surface area contributed by atoms with Crippen molar-refractivity contribution >= 4 is 17.6 Å². The molecular weight excluding hydrogens is 258 g/mol. The summed E-state index contributed by atoms with van der Waals surface area (Å²) in [6, 6.07) is 4.52. The first kappa shape index (κ1) is 14.4. The third-order valence-corrected chi connectivity index (χ3v) is 3.42. The molecule has 0 heterocycles. The first-order valence-electron chi connectivity index (χ1n) is 6.92. The predicted molar refractivity (Wildman–Crippen MR) is 75.2 cm³/mol. The first-order valence-corrected chi connectivity index (χ1v) is 6.92. The Morgan fingerprint density at radius 2 is 2.15 bits per heavy atom. The van der Waals surface area contributed by atoms with E-state index in [2.05, 4.69) is 5.32 Å². The van der Waals surface area contributed by atoms with E-state index in [1.54, 1.807) is 6.07 Å². The van der Waals surface area contributed by atoms with Gasteiger partial charge >= 0.3 is 5.97 Å². The number of amides is 1. The van der Waals surface area contributed by atoms with Crippen LogP contribution in [-0.2, 0) is 4.79 Å². The zero-order chi connectivity index (χ0) is 14.5. The van der Waals surface area contributed by atoms with Gasteiger partial charge in [0, 0.05) is 5.92 Å². The van der Waals surface area contributed by atoms with Crippen LogP contribution in [0, 0.1) is 5.92 Å². The Bertz CT molecular complexity index is 509. The molecule has 1 aromatic carbocycles. The van der Waals surface area contributed by atoms with E-state index in [0.29, 0.717) is 18.0 Å². The number of carbonyl (C=O) groups excluding carboxylic acids is 1. The maximum Gasteiger partial charge on any atom is 0.335 e. The van der Waals surface area contributed by atoms with E-state index < -0.39 is 5.97 Å². The topological polar surface area (TPSA) is 75.6 Å². The van der Waals surface area contributed by atoms with Crippen molar-refractivity contribution in [2.45, 2.75) is 32.6 Å². The van der Waals surface area contributed by atoms with Gasteiger partial charge in [-0.3, -0.25) is 4.79 Å². The van der Waals surface area contributed by atoms with Crippen molar-refractivity contribution < 1.29 is 19.4 Å². The minimum Gasteiger partial charge on any atom is -0.491 e. The number of nitrogens with one attached hydrogen (secondary N) is 1. The molecule has 0 aromatic heterocycles. The normalized spacial score (nSPS) is 14.4. The van der Waals surface area contributed by atoms with Gasteiger partial charge in [0.25, 0.3) is 0 Å². The van der Waals surface area contributed by atoms with Gasteiger partial charge in [-0.25, -0.2) is 4.79 Å². The number of ether oxygens (including phenoxy) is 1. The summed E-state index contributed by atoms with van der Waals surface area (Å²) in [7, 11) is 0. The quantitative estimate of drug-likeness (QED) is 0.838. The molecule has 1 aliphatic carbocycles. The summed E-state index contributed by atoms with van der Waals surface area (Å²) in [6.07, 6.45) is 3.72. The number of aromatic carboxylic acids is 1. The Labute approximate surface area is 117 Å². The van der Waals surface area contributed by atoms with Gasteiger partial charge in [0.1, 0.15) is 5.75 Å². The average molecular weight is 277 g/mol. The smallest absolute Gasteiger partial charge is 0.335 e. The molecule has 0 unspecified atom stereocenters. The first-order chi connectivity index (χ1) is 9.61. The minimum absolute atomic E-state index is 0.0440. The molecule has 1 aromatic rings. The Kier molecular flexibility index (Phi) is 4.61. The SMILES string of the molecule is CCCOc1ccc(C(=O)O)cc1NC(=O)C1CCC1. The van der Waals surface area contributed by atoms with E-state index >= 15 is 0 Å². The van der Waals surface area contributed by atoms with Crippen molar-refractivity contribution in [3.63, 3.8) is 0 Å². The monoisotopic (exact) mass is 277 g/mol. The van der Waals surface area contributed by atoms with Crippen LogP contribution in [0.5, 0.6) is 5.75 Å². The third-order valence-electron chi connectivity index (χ3n) is 3.42. The summed E-state index contributed by atoms with van der Waals surface area (Å²) in [6.45, 7) is 2.51. The number of carboxylic acids is 1. The lowest BCUT2D eigenvalue weighted by Crippen LogP contribution is -2.28. The van der Waals surface area contributed by atoms with Crippen molar-refractivity contribution in [1.82, 2.24) is 0 Å². The molecule has 2 N–H and O–H groups in total. The van der Waals surface area contributed by atoms with E-state index in [-0.39, 0.29) is 17.4 Å². The number of hydrogen-bond acceptors (Lipinski definition) is 3. The van der Waals surface area contributed by atoms with Gasteiger partial charge in [-0.15, -0.1) is 0 Å². The van der Waals surface area contributed by atoms with Gasteiger partial charge in [-0.1, -0.05) is 13.3 Å². The van der Waals surface area contributed by atoms with Crippen LogP contribution < -0.4 is 10.1 Å². The molecule has 1 fully saturated rings. The van der Waals surface area contributed by atoms with Gasteiger partial charge < -0.3 is 15.2 Å². The number of rotatable bonds is 6. The Morgan fingerprint density at radius 1 is 1.40 bits per heavy atom. The van der Waals surface area contributed by atoms with Crippen LogP contribution >= 0.6 is 0 Å². The lowest BCUT2D eigenvalue weighted by atomic mass is 9.85. The van der Waals surface area contributed by atoms with Gasteiger partial charge in [0.15, 0.2) is 0 Å². The fourth-order valence-electron chi connectivity index (χ4n) is 2.00. The lowest BCUT2D eigenvalue weighted by molar-refractivity contribution is -0.122. The molecule has 5 heteroatoms.